The van der Waals surface area contributed by atoms with Crippen molar-refractivity contribution in [1.82, 2.24) is 9.29 Å². The Morgan fingerprint density at radius 1 is 1.08 bits per heavy atom. The van der Waals surface area contributed by atoms with Crippen LogP contribution in [0.2, 0.25) is 9.36 Å². The average Bonchev–Trinajstić information content (AvgIpc) is 3.52. The number of carbonyl (C=O) groups is 1. The minimum Gasteiger partial charge on any atom is -0.282 e. The summed E-state index contributed by atoms with van der Waals surface area (Å²) in [5, 5.41) is 1.13. The number of piperidine rings is 1. The Bertz CT molecular complexity index is 1520. The van der Waals surface area contributed by atoms with E-state index >= 15 is 0 Å². The van der Waals surface area contributed by atoms with Gasteiger partial charge in [0.2, 0.25) is 5.91 Å². The number of sulfonamides is 1. The highest BCUT2D eigenvalue weighted by Crippen LogP contribution is 2.37. The second-order valence-corrected chi connectivity index (χ2v) is 13.9. The van der Waals surface area contributed by atoms with Crippen molar-refractivity contribution in [3.8, 4) is 0 Å². The molecule has 4 aromatic rings. The molecule has 1 amide bonds. The quantitative estimate of drug-likeness (QED) is 0.253. The number of benzene rings is 2. The lowest BCUT2D eigenvalue weighted by Crippen LogP contribution is -2.52. The highest BCUT2D eigenvalue weighted by atomic mass is 35.5. The first kappa shape index (κ1) is 25.6. The Balaban J connectivity index is 1.56. The minimum absolute atomic E-state index is 0.145. The van der Waals surface area contributed by atoms with Crippen molar-refractivity contribution >= 4 is 77.2 Å². The zero-order valence-electron chi connectivity index (χ0n) is 19.4. The molecule has 0 spiro atoms. The smallest absolute Gasteiger partial charge is 0.253 e. The molecule has 0 aliphatic carbocycles. The fourth-order valence-corrected chi connectivity index (χ4v) is 8.83. The summed E-state index contributed by atoms with van der Waals surface area (Å²) in [6.45, 7) is 2.46. The van der Waals surface area contributed by atoms with Gasteiger partial charge in [-0.1, -0.05) is 71.3 Å². The van der Waals surface area contributed by atoms with Gasteiger partial charge in [-0.05, 0) is 55.2 Å². The first-order valence-corrected chi connectivity index (χ1v) is 15.3. The lowest BCUT2D eigenvalue weighted by molar-refractivity contribution is -0.123. The third-order valence-electron chi connectivity index (χ3n) is 6.27. The third-order valence-corrected chi connectivity index (χ3v) is 11.3. The maximum atomic E-state index is 14.2. The van der Waals surface area contributed by atoms with Crippen molar-refractivity contribution in [3.63, 3.8) is 0 Å². The molecule has 11 heteroatoms. The maximum Gasteiger partial charge on any atom is 0.253 e. The van der Waals surface area contributed by atoms with Gasteiger partial charge in [-0.25, -0.2) is 13.4 Å². The molecule has 0 radical (unpaired) electrons. The number of amides is 1. The predicted molar refractivity (Wildman–Crippen MR) is 148 cm³/mol. The number of aryl methyl sites for hydroxylation is 1. The maximum absolute atomic E-state index is 14.2. The van der Waals surface area contributed by atoms with Gasteiger partial charge in [0.15, 0.2) is 5.13 Å². The predicted octanol–water partition coefficient (Wildman–Crippen LogP) is 6.75. The molecule has 1 aliphatic heterocycles. The Hall–Kier alpha value is -2.01. The Kier molecular flexibility index (Phi) is 7.40. The minimum atomic E-state index is -3.88. The van der Waals surface area contributed by atoms with Crippen LogP contribution in [0.25, 0.3) is 10.2 Å². The average molecular weight is 581 g/mol. The van der Waals surface area contributed by atoms with Gasteiger partial charge >= 0.3 is 0 Å². The summed E-state index contributed by atoms with van der Waals surface area (Å²) < 4.78 is 29.9. The second-order valence-electron chi connectivity index (χ2n) is 8.61. The molecule has 2 aromatic heterocycles. The lowest BCUT2D eigenvalue weighted by atomic mass is 10.0. The highest BCUT2D eigenvalue weighted by Gasteiger charge is 2.41. The molecule has 1 unspecified atom stereocenters. The molecule has 2 aromatic carbocycles. The number of aromatic nitrogens is 1. The molecular formula is C25H23Cl2N3O3S3. The lowest BCUT2D eigenvalue weighted by Gasteiger charge is -2.35. The first-order valence-electron chi connectivity index (χ1n) is 11.4. The van der Waals surface area contributed by atoms with Crippen molar-refractivity contribution < 1.29 is 13.2 Å². The fraction of sp³-hybridized carbons (Fsp3) is 0.280. The van der Waals surface area contributed by atoms with Gasteiger partial charge in [0.1, 0.15) is 10.3 Å². The van der Waals surface area contributed by atoms with Gasteiger partial charge in [-0.2, -0.15) is 4.31 Å². The van der Waals surface area contributed by atoms with Crippen LogP contribution in [0.3, 0.4) is 0 Å². The van der Waals surface area contributed by atoms with Crippen molar-refractivity contribution in [3.05, 3.63) is 75.1 Å². The van der Waals surface area contributed by atoms with E-state index in [1.54, 1.807) is 11.0 Å². The zero-order valence-corrected chi connectivity index (χ0v) is 23.3. The first-order chi connectivity index (χ1) is 17.3. The summed E-state index contributed by atoms with van der Waals surface area (Å²) in [4.78, 5) is 20.6. The number of carbonyl (C=O) groups excluding carboxylic acids is 1. The molecule has 1 fully saturated rings. The summed E-state index contributed by atoms with van der Waals surface area (Å²) in [5.74, 6) is -0.285. The third kappa shape index (κ3) is 4.92. The summed E-state index contributed by atoms with van der Waals surface area (Å²) in [5.41, 5.74) is 2.52. The molecule has 36 heavy (non-hydrogen) atoms. The number of rotatable bonds is 6. The van der Waals surface area contributed by atoms with Crippen LogP contribution in [0.5, 0.6) is 0 Å². The normalized spacial score (nSPS) is 16.9. The standard InChI is InChI=1S/C25H23Cl2N3O3S3/c1-16-18(26)10-11-20-23(16)28-25(34-20)29(15-17-7-3-2-4-8-17)24(31)19-9-5-6-14-30(19)36(32,33)22-13-12-21(27)35-22/h2-4,7-8,10-13,19H,5-6,9,14-15H2,1H3. The molecule has 6 nitrogen and oxygen atoms in total. The number of thiophene rings is 1. The van der Waals surface area contributed by atoms with E-state index < -0.39 is 16.1 Å². The van der Waals surface area contributed by atoms with Gasteiger partial charge in [0.25, 0.3) is 10.0 Å². The fourth-order valence-electron chi connectivity index (χ4n) is 4.38. The Morgan fingerprint density at radius 2 is 1.86 bits per heavy atom. The van der Waals surface area contributed by atoms with Crippen molar-refractivity contribution in [2.24, 2.45) is 0 Å². The van der Waals surface area contributed by atoms with Crippen LogP contribution < -0.4 is 4.90 Å². The van der Waals surface area contributed by atoms with Crippen molar-refractivity contribution in [1.29, 1.82) is 0 Å². The molecule has 1 atom stereocenters. The van der Waals surface area contributed by atoms with Gasteiger partial charge < -0.3 is 0 Å². The van der Waals surface area contributed by atoms with E-state index in [0.717, 1.165) is 39.1 Å². The SMILES string of the molecule is Cc1c(Cl)ccc2sc(N(Cc3ccccc3)C(=O)C3CCCCN3S(=O)(=O)c3ccc(Cl)s3)nc12. The molecule has 188 valence electrons. The Morgan fingerprint density at radius 3 is 2.58 bits per heavy atom. The molecular weight excluding hydrogens is 557 g/mol. The number of hydrogen-bond donors (Lipinski definition) is 0. The van der Waals surface area contributed by atoms with Gasteiger partial charge in [-0.3, -0.25) is 9.69 Å². The number of halogens is 2. The molecule has 5 rings (SSSR count). The summed E-state index contributed by atoms with van der Waals surface area (Å²) in [6.07, 6.45) is 1.90. The molecule has 3 heterocycles. The van der Waals surface area contributed by atoms with E-state index in [1.807, 2.05) is 49.4 Å². The van der Waals surface area contributed by atoms with E-state index in [-0.39, 0.29) is 23.2 Å². The number of anilines is 1. The highest BCUT2D eigenvalue weighted by molar-refractivity contribution is 7.91. The van der Waals surface area contributed by atoms with Gasteiger partial charge in [-0.15, -0.1) is 11.3 Å². The van der Waals surface area contributed by atoms with Crippen molar-refractivity contribution in [2.75, 3.05) is 11.4 Å². The molecule has 0 N–H and O–H groups in total. The molecule has 1 aliphatic rings. The summed E-state index contributed by atoms with van der Waals surface area (Å²) in [6, 6.07) is 15.6. The van der Waals surface area contributed by atoms with E-state index in [0.29, 0.717) is 27.3 Å². The number of hydrogen-bond acceptors (Lipinski definition) is 6. The number of nitrogens with zero attached hydrogens (tertiary/aromatic N) is 3. The second kappa shape index (κ2) is 10.4. The number of fused-ring (bicyclic) bond motifs is 1. The van der Waals surface area contributed by atoms with E-state index in [9.17, 15) is 13.2 Å². The molecule has 1 saturated heterocycles. The number of thiazole rings is 1. The van der Waals surface area contributed by atoms with Crippen LogP contribution in [-0.2, 0) is 21.4 Å². The van der Waals surface area contributed by atoms with E-state index in [1.165, 1.54) is 21.7 Å². The van der Waals surface area contributed by atoms with Crippen LogP contribution in [0.15, 0.2) is 58.8 Å². The molecule has 0 bridgehead atoms. The summed E-state index contributed by atoms with van der Waals surface area (Å²) >= 11 is 14.8. The largest absolute Gasteiger partial charge is 0.282 e. The van der Waals surface area contributed by atoms with Crippen LogP contribution in [-0.4, -0.2) is 36.2 Å². The zero-order chi connectivity index (χ0) is 25.4. The monoisotopic (exact) mass is 579 g/mol. The van der Waals surface area contributed by atoms with Gasteiger partial charge in [0.05, 0.1) is 21.1 Å². The topological polar surface area (TPSA) is 70.6 Å². The van der Waals surface area contributed by atoms with E-state index in [4.69, 9.17) is 28.2 Å². The van der Waals surface area contributed by atoms with Crippen LogP contribution in [0, 0.1) is 6.92 Å². The summed E-state index contributed by atoms with van der Waals surface area (Å²) in [7, 11) is -3.88. The van der Waals surface area contributed by atoms with Crippen LogP contribution >= 0.6 is 45.9 Å². The van der Waals surface area contributed by atoms with Crippen LogP contribution in [0.4, 0.5) is 5.13 Å². The Labute approximate surface area is 228 Å². The molecule has 0 saturated carbocycles. The van der Waals surface area contributed by atoms with E-state index in [2.05, 4.69) is 0 Å². The van der Waals surface area contributed by atoms with Crippen LogP contribution in [0.1, 0.15) is 30.4 Å². The van der Waals surface area contributed by atoms with Gasteiger partial charge in [0, 0.05) is 11.6 Å². The van der Waals surface area contributed by atoms with Crippen molar-refractivity contribution in [2.45, 2.75) is 43.0 Å².